The first-order chi connectivity index (χ1) is 9.20. The van der Waals surface area contributed by atoms with Gasteiger partial charge in [-0.1, -0.05) is 42.1 Å². The molecule has 2 rings (SSSR count). The van der Waals surface area contributed by atoms with E-state index in [1.807, 2.05) is 6.07 Å². The molecule has 1 fully saturated rings. The van der Waals surface area contributed by atoms with Gasteiger partial charge in [0.05, 0.1) is 0 Å². The number of rotatable bonds is 5. The van der Waals surface area contributed by atoms with Crippen molar-refractivity contribution in [3.63, 3.8) is 0 Å². The molecule has 1 aliphatic carbocycles. The minimum Gasteiger partial charge on any atom is -0.310 e. The van der Waals surface area contributed by atoms with E-state index in [0.717, 1.165) is 22.4 Å². The van der Waals surface area contributed by atoms with Crippen LogP contribution in [-0.4, -0.2) is 6.04 Å². The van der Waals surface area contributed by atoms with Gasteiger partial charge in [-0.25, -0.2) is 4.39 Å². The van der Waals surface area contributed by atoms with Crippen molar-refractivity contribution in [2.45, 2.75) is 58.0 Å². The maximum atomic E-state index is 13.7. The van der Waals surface area contributed by atoms with E-state index in [1.54, 1.807) is 6.07 Å². The van der Waals surface area contributed by atoms with Gasteiger partial charge < -0.3 is 5.32 Å². The fourth-order valence-corrected chi connectivity index (χ4v) is 3.51. The van der Waals surface area contributed by atoms with Gasteiger partial charge in [0.2, 0.25) is 0 Å². The zero-order valence-corrected chi connectivity index (χ0v) is 13.2. The predicted octanol–water partition coefficient (Wildman–Crippen LogP) is 5.04. The average Bonchev–Trinajstić information content (AvgIpc) is 2.44. The first-order valence-electron chi connectivity index (χ1n) is 7.38. The average molecular weight is 328 g/mol. The second kappa shape index (κ2) is 7.39. The molecule has 1 nitrogen and oxygen atoms in total. The van der Waals surface area contributed by atoms with Crippen molar-refractivity contribution in [2.24, 2.45) is 5.92 Å². The highest BCUT2D eigenvalue weighted by molar-refractivity contribution is 9.10. The molecule has 0 amide bonds. The van der Waals surface area contributed by atoms with E-state index < -0.39 is 0 Å². The van der Waals surface area contributed by atoms with Crippen LogP contribution in [0.2, 0.25) is 0 Å². The summed E-state index contributed by atoms with van der Waals surface area (Å²) >= 11 is 3.40. The molecule has 1 aromatic rings. The standard InChI is InChI=1S/C16H23BrFN/c1-2-16(12-6-4-3-5-7-12)19-11-13-10-14(17)8-9-15(13)18/h8-10,12,16,19H,2-7,11H2,1H3. The topological polar surface area (TPSA) is 12.0 Å². The summed E-state index contributed by atoms with van der Waals surface area (Å²) in [5, 5.41) is 3.56. The highest BCUT2D eigenvalue weighted by atomic mass is 79.9. The fraction of sp³-hybridized carbons (Fsp3) is 0.625. The third-order valence-corrected chi connectivity index (χ3v) is 4.71. The lowest BCUT2D eigenvalue weighted by Crippen LogP contribution is -2.36. The van der Waals surface area contributed by atoms with E-state index in [9.17, 15) is 4.39 Å². The molecule has 3 heteroatoms. The van der Waals surface area contributed by atoms with Crippen LogP contribution in [0.4, 0.5) is 4.39 Å². The SMILES string of the molecule is CCC(NCc1cc(Br)ccc1F)C1CCCCC1. The minimum absolute atomic E-state index is 0.116. The highest BCUT2D eigenvalue weighted by Gasteiger charge is 2.21. The summed E-state index contributed by atoms with van der Waals surface area (Å²) in [6, 6.07) is 5.68. The lowest BCUT2D eigenvalue weighted by atomic mass is 9.83. The molecule has 0 saturated heterocycles. The van der Waals surface area contributed by atoms with E-state index in [1.165, 1.54) is 38.2 Å². The molecular formula is C16H23BrFN. The molecule has 1 aliphatic rings. The van der Waals surface area contributed by atoms with Crippen molar-refractivity contribution in [3.8, 4) is 0 Å². The number of halogens is 2. The molecule has 1 saturated carbocycles. The van der Waals surface area contributed by atoms with E-state index in [-0.39, 0.29) is 5.82 Å². The minimum atomic E-state index is -0.116. The van der Waals surface area contributed by atoms with Crippen molar-refractivity contribution in [1.82, 2.24) is 5.32 Å². The van der Waals surface area contributed by atoms with Crippen molar-refractivity contribution < 1.29 is 4.39 Å². The van der Waals surface area contributed by atoms with E-state index >= 15 is 0 Å². The van der Waals surface area contributed by atoms with Crippen molar-refractivity contribution in [2.75, 3.05) is 0 Å². The highest BCUT2D eigenvalue weighted by Crippen LogP contribution is 2.28. The Hall–Kier alpha value is -0.410. The van der Waals surface area contributed by atoms with Crippen LogP contribution in [0.5, 0.6) is 0 Å². The molecule has 1 atom stereocenters. The quantitative estimate of drug-likeness (QED) is 0.799. The molecule has 0 radical (unpaired) electrons. The first kappa shape index (κ1) is 15.0. The van der Waals surface area contributed by atoms with Crippen LogP contribution in [0, 0.1) is 11.7 Å². The van der Waals surface area contributed by atoms with Gasteiger partial charge in [0.25, 0.3) is 0 Å². The zero-order valence-electron chi connectivity index (χ0n) is 11.6. The maximum absolute atomic E-state index is 13.7. The summed E-state index contributed by atoms with van der Waals surface area (Å²) in [5.74, 6) is 0.656. The lowest BCUT2D eigenvalue weighted by Gasteiger charge is -2.30. The molecule has 19 heavy (non-hydrogen) atoms. The predicted molar refractivity (Wildman–Crippen MR) is 81.6 cm³/mol. The maximum Gasteiger partial charge on any atom is 0.127 e. The van der Waals surface area contributed by atoms with Gasteiger partial charge in [0, 0.05) is 22.6 Å². The summed E-state index contributed by atoms with van der Waals surface area (Å²) in [7, 11) is 0. The third kappa shape index (κ3) is 4.28. The molecule has 0 spiro atoms. The van der Waals surface area contributed by atoms with Crippen LogP contribution < -0.4 is 5.32 Å². The van der Waals surface area contributed by atoms with Gasteiger partial charge in [-0.15, -0.1) is 0 Å². The molecule has 0 aliphatic heterocycles. The summed E-state index contributed by atoms with van der Waals surface area (Å²) in [6.07, 6.45) is 7.87. The van der Waals surface area contributed by atoms with Crippen LogP contribution in [0.25, 0.3) is 0 Å². The van der Waals surface area contributed by atoms with Gasteiger partial charge in [0.15, 0.2) is 0 Å². The lowest BCUT2D eigenvalue weighted by molar-refractivity contribution is 0.261. The van der Waals surface area contributed by atoms with Crippen molar-refractivity contribution in [3.05, 3.63) is 34.1 Å². The van der Waals surface area contributed by atoms with Crippen LogP contribution >= 0.6 is 15.9 Å². The molecule has 1 N–H and O–H groups in total. The van der Waals surface area contributed by atoms with Crippen molar-refractivity contribution >= 4 is 15.9 Å². The molecular weight excluding hydrogens is 305 g/mol. The van der Waals surface area contributed by atoms with E-state index in [4.69, 9.17) is 0 Å². The van der Waals surface area contributed by atoms with E-state index in [0.29, 0.717) is 12.6 Å². The summed E-state index contributed by atoms with van der Waals surface area (Å²) in [4.78, 5) is 0. The second-order valence-electron chi connectivity index (χ2n) is 5.53. The smallest absolute Gasteiger partial charge is 0.127 e. The Balaban J connectivity index is 1.93. The van der Waals surface area contributed by atoms with Gasteiger partial charge >= 0.3 is 0 Å². The van der Waals surface area contributed by atoms with Crippen LogP contribution in [0.15, 0.2) is 22.7 Å². The van der Waals surface area contributed by atoms with Crippen LogP contribution in [0.3, 0.4) is 0 Å². The van der Waals surface area contributed by atoms with Gasteiger partial charge in [0.1, 0.15) is 5.82 Å². The largest absolute Gasteiger partial charge is 0.310 e. The van der Waals surface area contributed by atoms with Gasteiger partial charge in [-0.2, -0.15) is 0 Å². The summed E-state index contributed by atoms with van der Waals surface area (Å²) in [6.45, 7) is 2.85. The monoisotopic (exact) mass is 327 g/mol. The van der Waals surface area contributed by atoms with Crippen LogP contribution in [0.1, 0.15) is 51.0 Å². The number of nitrogens with one attached hydrogen (secondary N) is 1. The zero-order chi connectivity index (χ0) is 13.7. The Morgan fingerprint density at radius 3 is 2.74 bits per heavy atom. The Bertz CT molecular complexity index is 402. The number of hydrogen-bond acceptors (Lipinski definition) is 1. The molecule has 1 aromatic carbocycles. The Labute approximate surface area is 124 Å². The summed E-state index contributed by atoms with van der Waals surface area (Å²) in [5.41, 5.74) is 0.753. The molecule has 1 unspecified atom stereocenters. The van der Waals surface area contributed by atoms with Crippen LogP contribution in [-0.2, 0) is 6.54 Å². The fourth-order valence-electron chi connectivity index (χ4n) is 3.10. The number of benzene rings is 1. The number of hydrogen-bond donors (Lipinski definition) is 1. The van der Waals surface area contributed by atoms with Gasteiger partial charge in [-0.3, -0.25) is 0 Å². The van der Waals surface area contributed by atoms with Gasteiger partial charge in [-0.05, 0) is 43.4 Å². The van der Waals surface area contributed by atoms with E-state index in [2.05, 4.69) is 28.2 Å². The molecule has 0 aromatic heterocycles. The normalized spacial score (nSPS) is 18.5. The Morgan fingerprint density at radius 2 is 2.05 bits per heavy atom. The third-order valence-electron chi connectivity index (χ3n) is 4.22. The summed E-state index contributed by atoms with van der Waals surface area (Å²) < 4.78 is 14.6. The molecule has 0 bridgehead atoms. The Kier molecular flexibility index (Phi) is 5.83. The molecule has 106 valence electrons. The first-order valence-corrected chi connectivity index (χ1v) is 8.17. The second-order valence-corrected chi connectivity index (χ2v) is 6.45. The molecule has 0 heterocycles. The van der Waals surface area contributed by atoms with Crippen molar-refractivity contribution in [1.29, 1.82) is 0 Å². The Morgan fingerprint density at radius 1 is 1.32 bits per heavy atom.